The number of aromatic nitrogens is 1. The van der Waals surface area contributed by atoms with Gasteiger partial charge in [0.1, 0.15) is 0 Å². The van der Waals surface area contributed by atoms with Crippen LogP contribution in [-0.2, 0) is 17.3 Å². The number of rotatable bonds is 3. The molecule has 0 unspecified atom stereocenters. The smallest absolute Gasteiger partial charge is 0.0705 e. The van der Waals surface area contributed by atoms with Gasteiger partial charge in [0.15, 0.2) is 0 Å². The summed E-state index contributed by atoms with van der Waals surface area (Å²) in [7, 11) is -0.583. The second-order valence-corrected chi connectivity index (χ2v) is 6.69. The number of pyridine rings is 1. The Kier molecular flexibility index (Phi) is 3.89. The van der Waals surface area contributed by atoms with Gasteiger partial charge in [-0.25, -0.2) is 0 Å². The van der Waals surface area contributed by atoms with E-state index < -0.39 is 10.8 Å². The zero-order chi connectivity index (χ0) is 13.1. The molecule has 1 aromatic carbocycles. The third-order valence-corrected chi connectivity index (χ3v) is 5.00. The molecular weight excluding hydrogens is 256 g/mol. The molecule has 3 nitrogen and oxygen atoms in total. The molecule has 19 heavy (non-hydrogen) atoms. The topological polar surface area (TPSA) is 42.0 Å². The van der Waals surface area contributed by atoms with E-state index in [-0.39, 0.29) is 0 Å². The molecule has 2 heterocycles. The van der Waals surface area contributed by atoms with Crippen LogP contribution in [0.3, 0.4) is 0 Å². The number of hydrogen-bond acceptors (Lipinski definition) is 3. The minimum absolute atomic E-state index is 0.492. The van der Waals surface area contributed by atoms with E-state index in [0.29, 0.717) is 6.04 Å². The Hall–Kier alpha value is -1.26. The minimum atomic E-state index is -0.583. The average Bonchev–Trinajstić information content (AvgIpc) is 2.46. The fourth-order valence-electron chi connectivity index (χ4n) is 2.45. The SMILES string of the molecule is O=S1CCC(NCc2ccc3ccccc3n2)CC1. The van der Waals surface area contributed by atoms with E-state index in [4.69, 9.17) is 0 Å². The molecule has 4 heteroatoms. The van der Waals surface area contributed by atoms with Crippen LogP contribution in [-0.4, -0.2) is 26.7 Å². The highest BCUT2D eigenvalue weighted by molar-refractivity contribution is 7.85. The predicted octanol–water partition coefficient (Wildman–Crippen LogP) is 2.24. The van der Waals surface area contributed by atoms with Crippen molar-refractivity contribution in [2.45, 2.75) is 25.4 Å². The molecule has 3 rings (SSSR count). The van der Waals surface area contributed by atoms with Gasteiger partial charge in [0.05, 0.1) is 11.2 Å². The van der Waals surface area contributed by atoms with Crippen molar-refractivity contribution in [1.29, 1.82) is 0 Å². The lowest BCUT2D eigenvalue weighted by molar-refractivity contribution is 0.472. The Morgan fingerprint density at radius 3 is 2.79 bits per heavy atom. The summed E-state index contributed by atoms with van der Waals surface area (Å²) < 4.78 is 11.3. The number of nitrogens with one attached hydrogen (secondary N) is 1. The standard InChI is InChI=1S/C15H18N2OS/c18-19-9-7-13(8-10-19)16-11-14-6-5-12-3-1-2-4-15(12)17-14/h1-6,13,16H,7-11H2. The van der Waals surface area contributed by atoms with Crippen LogP contribution in [0, 0.1) is 0 Å². The molecule has 1 aliphatic heterocycles. The van der Waals surface area contributed by atoms with Crippen molar-refractivity contribution in [3.8, 4) is 0 Å². The molecule has 1 fully saturated rings. The highest BCUT2D eigenvalue weighted by Crippen LogP contribution is 2.13. The molecule has 0 atom stereocenters. The normalized spacial score (nSPS) is 23.6. The summed E-state index contributed by atoms with van der Waals surface area (Å²) in [5.41, 5.74) is 2.12. The Labute approximate surface area is 115 Å². The Morgan fingerprint density at radius 1 is 1.16 bits per heavy atom. The molecule has 100 valence electrons. The predicted molar refractivity (Wildman–Crippen MR) is 79.5 cm³/mol. The maximum Gasteiger partial charge on any atom is 0.0705 e. The van der Waals surface area contributed by atoms with Gasteiger partial charge in [-0.2, -0.15) is 0 Å². The molecule has 0 amide bonds. The summed E-state index contributed by atoms with van der Waals surface area (Å²) in [6.45, 7) is 0.794. The third-order valence-electron chi connectivity index (χ3n) is 3.62. The lowest BCUT2D eigenvalue weighted by Crippen LogP contribution is -2.35. The Balaban J connectivity index is 1.63. The molecule has 1 aliphatic rings. The molecule has 0 bridgehead atoms. The highest BCUT2D eigenvalue weighted by Gasteiger charge is 2.17. The van der Waals surface area contributed by atoms with Crippen LogP contribution >= 0.6 is 0 Å². The van der Waals surface area contributed by atoms with Crippen LogP contribution in [0.15, 0.2) is 36.4 Å². The number of benzene rings is 1. The monoisotopic (exact) mass is 274 g/mol. The largest absolute Gasteiger partial charge is 0.308 e. The lowest BCUT2D eigenvalue weighted by Gasteiger charge is -2.22. The van der Waals surface area contributed by atoms with E-state index >= 15 is 0 Å². The fourth-order valence-corrected chi connectivity index (χ4v) is 3.75. The van der Waals surface area contributed by atoms with Gasteiger partial charge in [-0.3, -0.25) is 9.19 Å². The van der Waals surface area contributed by atoms with E-state index in [1.165, 1.54) is 5.39 Å². The summed E-state index contributed by atoms with van der Waals surface area (Å²) in [5, 5.41) is 4.71. The summed E-state index contributed by atoms with van der Waals surface area (Å²) in [5.74, 6) is 1.67. The number of para-hydroxylation sites is 1. The zero-order valence-corrected chi connectivity index (χ0v) is 11.7. The van der Waals surface area contributed by atoms with Crippen LogP contribution in [0.5, 0.6) is 0 Å². The third kappa shape index (κ3) is 3.19. The van der Waals surface area contributed by atoms with Crippen LogP contribution in [0.4, 0.5) is 0 Å². The van der Waals surface area contributed by atoms with Gasteiger partial charge in [-0.1, -0.05) is 24.3 Å². The van der Waals surface area contributed by atoms with Gasteiger partial charge >= 0.3 is 0 Å². The van der Waals surface area contributed by atoms with Crippen molar-refractivity contribution in [3.63, 3.8) is 0 Å². The van der Waals surface area contributed by atoms with Crippen LogP contribution in [0.25, 0.3) is 10.9 Å². The average molecular weight is 274 g/mol. The van der Waals surface area contributed by atoms with E-state index in [1.54, 1.807) is 0 Å². The number of hydrogen-bond donors (Lipinski definition) is 1. The van der Waals surface area contributed by atoms with E-state index in [1.807, 2.05) is 18.2 Å². The van der Waals surface area contributed by atoms with Crippen LogP contribution in [0.1, 0.15) is 18.5 Å². The second kappa shape index (κ2) is 5.80. The van der Waals surface area contributed by atoms with Gasteiger partial charge in [-0.05, 0) is 25.0 Å². The molecule has 1 N–H and O–H groups in total. The van der Waals surface area contributed by atoms with Crippen molar-refractivity contribution in [1.82, 2.24) is 10.3 Å². The quantitative estimate of drug-likeness (QED) is 0.933. The van der Waals surface area contributed by atoms with Gasteiger partial charge < -0.3 is 5.32 Å². The summed E-state index contributed by atoms with van der Waals surface area (Å²) >= 11 is 0. The molecule has 1 saturated heterocycles. The van der Waals surface area contributed by atoms with Gasteiger partial charge in [0.2, 0.25) is 0 Å². The first-order valence-corrected chi connectivity index (χ1v) is 8.23. The summed E-state index contributed by atoms with van der Waals surface area (Å²) in [6.07, 6.45) is 2.03. The minimum Gasteiger partial charge on any atom is -0.308 e. The number of nitrogens with zero attached hydrogens (tertiary/aromatic N) is 1. The van der Waals surface area contributed by atoms with Gasteiger partial charge in [0.25, 0.3) is 0 Å². The molecule has 0 aliphatic carbocycles. The van der Waals surface area contributed by atoms with Crippen molar-refractivity contribution >= 4 is 21.7 Å². The zero-order valence-electron chi connectivity index (χ0n) is 10.8. The Bertz CT molecular complexity index is 589. The van der Waals surface area contributed by atoms with Gasteiger partial charge in [-0.15, -0.1) is 0 Å². The van der Waals surface area contributed by atoms with Gasteiger partial charge in [0, 0.05) is 40.3 Å². The molecule has 0 saturated carbocycles. The Morgan fingerprint density at radius 2 is 1.95 bits per heavy atom. The summed E-state index contributed by atoms with van der Waals surface area (Å²) in [4.78, 5) is 4.65. The first-order chi connectivity index (χ1) is 9.31. The number of fused-ring (bicyclic) bond motifs is 1. The van der Waals surface area contributed by atoms with Crippen molar-refractivity contribution in [2.24, 2.45) is 0 Å². The molecule has 0 radical (unpaired) electrons. The van der Waals surface area contributed by atoms with Crippen LogP contribution in [0.2, 0.25) is 0 Å². The van der Waals surface area contributed by atoms with Crippen LogP contribution < -0.4 is 5.32 Å². The first kappa shape index (κ1) is 12.8. The lowest BCUT2D eigenvalue weighted by atomic mass is 10.1. The van der Waals surface area contributed by atoms with E-state index in [9.17, 15) is 4.21 Å². The van der Waals surface area contributed by atoms with E-state index in [2.05, 4.69) is 28.5 Å². The maximum absolute atomic E-state index is 11.3. The molecular formula is C15H18N2OS. The highest BCUT2D eigenvalue weighted by atomic mass is 32.2. The molecule has 2 aromatic rings. The molecule has 0 spiro atoms. The maximum atomic E-state index is 11.3. The fraction of sp³-hybridized carbons (Fsp3) is 0.400. The second-order valence-electron chi connectivity index (χ2n) is 5.00. The first-order valence-electron chi connectivity index (χ1n) is 6.74. The van der Waals surface area contributed by atoms with Crippen molar-refractivity contribution in [3.05, 3.63) is 42.1 Å². The van der Waals surface area contributed by atoms with E-state index in [0.717, 1.165) is 42.1 Å². The van der Waals surface area contributed by atoms with Crippen molar-refractivity contribution in [2.75, 3.05) is 11.5 Å². The van der Waals surface area contributed by atoms with Crippen molar-refractivity contribution < 1.29 is 4.21 Å². The molecule has 1 aromatic heterocycles. The summed E-state index contributed by atoms with van der Waals surface area (Å²) in [6, 6.07) is 12.9.